The van der Waals surface area contributed by atoms with E-state index in [1.165, 1.54) is 6.08 Å². The number of H-pyrrole nitrogens is 1. The number of nitrogens with one attached hydrogen (secondary N) is 2. The number of amides is 1. The van der Waals surface area contributed by atoms with Gasteiger partial charge in [-0.15, -0.1) is 0 Å². The van der Waals surface area contributed by atoms with E-state index in [0.29, 0.717) is 28.0 Å². The van der Waals surface area contributed by atoms with Gasteiger partial charge in [0.1, 0.15) is 5.82 Å². The number of halogens is 2. The molecule has 0 radical (unpaired) electrons. The van der Waals surface area contributed by atoms with Crippen LogP contribution in [-0.2, 0) is 11.3 Å². The van der Waals surface area contributed by atoms with Crippen molar-refractivity contribution in [2.45, 2.75) is 6.54 Å². The van der Waals surface area contributed by atoms with E-state index in [4.69, 9.17) is 23.2 Å². The van der Waals surface area contributed by atoms with E-state index in [1.54, 1.807) is 36.7 Å². The molecule has 0 aliphatic heterocycles. The van der Waals surface area contributed by atoms with Crippen molar-refractivity contribution in [1.29, 1.82) is 0 Å². The highest BCUT2D eigenvalue weighted by atomic mass is 35.5. The summed E-state index contributed by atoms with van der Waals surface area (Å²) in [7, 11) is 0. The highest BCUT2D eigenvalue weighted by molar-refractivity contribution is 6.42. The molecule has 0 bridgehead atoms. The first-order valence-electron chi connectivity index (χ1n) is 5.55. The molecule has 6 heteroatoms. The maximum atomic E-state index is 11.6. The van der Waals surface area contributed by atoms with Gasteiger partial charge < -0.3 is 10.3 Å². The number of carbonyl (C=O) groups is 1. The molecule has 0 aliphatic rings. The molecule has 0 saturated carbocycles. The molecule has 1 amide bonds. The van der Waals surface area contributed by atoms with E-state index >= 15 is 0 Å². The van der Waals surface area contributed by atoms with Crippen LogP contribution in [0.15, 0.2) is 36.7 Å². The number of benzene rings is 1. The Morgan fingerprint density at radius 3 is 3.00 bits per heavy atom. The summed E-state index contributed by atoms with van der Waals surface area (Å²) >= 11 is 11.9. The lowest BCUT2D eigenvalue weighted by Gasteiger charge is -2.01. The van der Waals surface area contributed by atoms with Crippen LogP contribution in [0.1, 0.15) is 11.4 Å². The standard InChI is InChI=1S/C13H11Cl2N3O/c14-10-3-1-2-9(13(10)15)4-5-12(19)18-8-11-16-6-7-17-11/h1-7H,8H2,(H,16,17)(H,18,19). The van der Waals surface area contributed by atoms with Gasteiger partial charge in [0.05, 0.1) is 16.6 Å². The van der Waals surface area contributed by atoms with Crippen LogP contribution < -0.4 is 5.32 Å². The van der Waals surface area contributed by atoms with E-state index < -0.39 is 0 Å². The molecule has 1 heterocycles. The summed E-state index contributed by atoms with van der Waals surface area (Å²) in [6.07, 6.45) is 6.35. The fourth-order valence-electron chi connectivity index (χ4n) is 1.44. The van der Waals surface area contributed by atoms with Crippen LogP contribution in [0.3, 0.4) is 0 Å². The Labute approximate surface area is 120 Å². The molecule has 1 aromatic heterocycles. The largest absolute Gasteiger partial charge is 0.347 e. The zero-order chi connectivity index (χ0) is 13.7. The van der Waals surface area contributed by atoms with Gasteiger partial charge in [0.25, 0.3) is 0 Å². The summed E-state index contributed by atoms with van der Waals surface area (Å²) in [6, 6.07) is 5.25. The Hall–Kier alpha value is -1.78. The second kappa shape index (κ2) is 6.41. The molecule has 0 unspecified atom stereocenters. The molecular formula is C13H11Cl2N3O. The van der Waals surface area contributed by atoms with Crippen molar-refractivity contribution in [2.24, 2.45) is 0 Å². The summed E-state index contributed by atoms with van der Waals surface area (Å²) in [4.78, 5) is 18.5. The molecule has 2 rings (SSSR count). The summed E-state index contributed by atoms with van der Waals surface area (Å²) in [6.45, 7) is 0.347. The summed E-state index contributed by atoms with van der Waals surface area (Å²) in [5.41, 5.74) is 0.697. The predicted molar refractivity (Wildman–Crippen MR) is 75.9 cm³/mol. The Balaban J connectivity index is 1.94. The SMILES string of the molecule is O=C(C=Cc1cccc(Cl)c1Cl)NCc1ncc[nH]1. The lowest BCUT2D eigenvalue weighted by atomic mass is 10.2. The molecule has 4 nitrogen and oxygen atoms in total. The fourth-order valence-corrected chi connectivity index (χ4v) is 1.81. The van der Waals surface area contributed by atoms with Crippen LogP contribution in [-0.4, -0.2) is 15.9 Å². The Morgan fingerprint density at radius 1 is 1.42 bits per heavy atom. The van der Waals surface area contributed by atoms with Crippen molar-refractivity contribution in [3.8, 4) is 0 Å². The summed E-state index contributed by atoms with van der Waals surface area (Å²) < 4.78 is 0. The number of aromatic amines is 1. The highest BCUT2D eigenvalue weighted by Crippen LogP contribution is 2.26. The number of nitrogens with zero attached hydrogens (tertiary/aromatic N) is 1. The van der Waals surface area contributed by atoms with Crippen molar-refractivity contribution in [3.05, 3.63) is 58.1 Å². The highest BCUT2D eigenvalue weighted by Gasteiger charge is 2.02. The first-order chi connectivity index (χ1) is 9.16. The number of hydrogen-bond acceptors (Lipinski definition) is 2. The van der Waals surface area contributed by atoms with E-state index in [-0.39, 0.29) is 5.91 Å². The normalized spacial score (nSPS) is 10.8. The van der Waals surface area contributed by atoms with Gasteiger partial charge >= 0.3 is 0 Å². The van der Waals surface area contributed by atoms with Crippen molar-refractivity contribution < 1.29 is 4.79 Å². The Morgan fingerprint density at radius 2 is 2.26 bits per heavy atom. The third kappa shape index (κ3) is 3.84. The molecule has 2 aromatic rings. The second-order valence-corrected chi connectivity index (χ2v) is 4.52. The number of rotatable bonds is 4. The minimum Gasteiger partial charge on any atom is -0.347 e. The van der Waals surface area contributed by atoms with Crippen LogP contribution in [0.5, 0.6) is 0 Å². The third-order valence-electron chi connectivity index (χ3n) is 2.38. The van der Waals surface area contributed by atoms with Gasteiger partial charge in [-0.3, -0.25) is 4.79 Å². The maximum absolute atomic E-state index is 11.6. The number of aromatic nitrogens is 2. The first kappa shape index (κ1) is 13.6. The topological polar surface area (TPSA) is 57.8 Å². The van der Waals surface area contributed by atoms with E-state index in [2.05, 4.69) is 15.3 Å². The molecule has 0 atom stereocenters. The zero-order valence-corrected chi connectivity index (χ0v) is 11.4. The fraction of sp³-hybridized carbons (Fsp3) is 0.0769. The van der Waals surface area contributed by atoms with Gasteiger partial charge in [-0.25, -0.2) is 4.98 Å². The molecule has 0 saturated heterocycles. The predicted octanol–water partition coefficient (Wildman–Crippen LogP) is 3.05. The monoisotopic (exact) mass is 295 g/mol. The molecule has 98 valence electrons. The lowest BCUT2D eigenvalue weighted by Crippen LogP contribution is -2.20. The van der Waals surface area contributed by atoms with Crippen LogP contribution in [0.25, 0.3) is 6.08 Å². The minimum absolute atomic E-state index is 0.229. The van der Waals surface area contributed by atoms with Gasteiger partial charge in [0.15, 0.2) is 0 Å². The maximum Gasteiger partial charge on any atom is 0.244 e. The van der Waals surface area contributed by atoms with E-state index in [0.717, 1.165) is 0 Å². The van der Waals surface area contributed by atoms with Gasteiger partial charge in [0.2, 0.25) is 5.91 Å². The average molecular weight is 296 g/mol. The van der Waals surface area contributed by atoms with Gasteiger partial charge in [-0.1, -0.05) is 35.3 Å². The molecule has 0 spiro atoms. The minimum atomic E-state index is -0.229. The molecule has 1 aromatic carbocycles. The number of hydrogen-bond donors (Lipinski definition) is 2. The first-order valence-corrected chi connectivity index (χ1v) is 6.30. The molecule has 2 N–H and O–H groups in total. The Kier molecular flexibility index (Phi) is 4.60. The van der Waals surface area contributed by atoms with Crippen molar-refractivity contribution in [2.75, 3.05) is 0 Å². The van der Waals surface area contributed by atoms with Gasteiger partial charge in [-0.2, -0.15) is 0 Å². The molecule has 0 fully saturated rings. The molecular weight excluding hydrogens is 285 g/mol. The van der Waals surface area contributed by atoms with Crippen molar-refractivity contribution >= 4 is 35.2 Å². The van der Waals surface area contributed by atoms with Crippen LogP contribution in [0.4, 0.5) is 0 Å². The smallest absolute Gasteiger partial charge is 0.244 e. The zero-order valence-electron chi connectivity index (χ0n) is 9.86. The molecule has 0 aliphatic carbocycles. The summed E-state index contributed by atoms with van der Waals surface area (Å²) in [5.74, 6) is 0.468. The Bertz CT molecular complexity index is 594. The van der Waals surface area contributed by atoms with Crippen molar-refractivity contribution in [1.82, 2.24) is 15.3 Å². The molecule has 19 heavy (non-hydrogen) atoms. The average Bonchev–Trinajstić information content (AvgIpc) is 2.91. The third-order valence-corrected chi connectivity index (χ3v) is 3.21. The number of carbonyl (C=O) groups excluding carboxylic acids is 1. The van der Waals surface area contributed by atoms with Crippen LogP contribution in [0.2, 0.25) is 10.0 Å². The van der Waals surface area contributed by atoms with Crippen LogP contribution in [0, 0.1) is 0 Å². The van der Waals surface area contributed by atoms with Crippen LogP contribution >= 0.6 is 23.2 Å². The number of imidazole rings is 1. The van der Waals surface area contributed by atoms with E-state index in [9.17, 15) is 4.79 Å². The second-order valence-electron chi connectivity index (χ2n) is 3.73. The van der Waals surface area contributed by atoms with Gasteiger partial charge in [0, 0.05) is 18.5 Å². The summed E-state index contributed by atoms with van der Waals surface area (Å²) in [5, 5.41) is 3.58. The van der Waals surface area contributed by atoms with E-state index in [1.807, 2.05) is 0 Å². The quantitative estimate of drug-likeness (QED) is 0.852. The lowest BCUT2D eigenvalue weighted by molar-refractivity contribution is -0.116. The van der Waals surface area contributed by atoms with Gasteiger partial charge in [-0.05, 0) is 17.7 Å². The van der Waals surface area contributed by atoms with Crippen molar-refractivity contribution in [3.63, 3.8) is 0 Å².